The zero-order valence-electron chi connectivity index (χ0n) is 86.2. The second kappa shape index (κ2) is 59.1. The molecular formula is C124H135N9O10S6+6. The normalized spacial score (nSPS) is 11.4. The molecule has 6 heterocycles. The average Bonchev–Trinajstić information content (AvgIpc) is 0.791. The number of rotatable bonds is 48. The van der Waals surface area contributed by atoms with E-state index in [2.05, 4.69) is 353 Å². The number of aromatic nitrogens is 6. The molecule has 10 aromatic carbocycles. The van der Waals surface area contributed by atoms with E-state index in [4.69, 9.17) is 37.9 Å². The van der Waals surface area contributed by atoms with E-state index in [0.29, 0.717) is 54.0 Å². The summed E-state index contributed by atoms with van der Waals surface area (Å²) in [5.41, 5.74) is 18.4. The Kier molecular flexibility index (Phi) is 44.4. The Morgan fingerprint density at radius 2 is 0.617 bits per heavy atom. The van der Waals surface area contributed by atoms with Crippen LogP contribution in [0.1, 0.15) is 87.3 Å². The first-order valence-corrected chi connectivity index (χ1v) is 56.6. The Labute approximate surface area is 902 Å². The lowest BCUT2D eigenvalue weighted by molar-refractivity contribution is -0.694. The van der Waals surface area contributed by atoms with E-state index in [1.165, 1.54) is 88.7 Å². The summed E-state index contributed by atoms with van der Waals surface area (Å²) in [7, 11) is 32.5. The van der Waals surface area contributed by atoms with Gasteiger partial charge in [0.15, 0.2) is 105 Å². The third-order valence-corrected chi connectivity index (χ3v) is 31.9. The maximum atomic E-state index is 12.6. The van der Waals surface area contributed by atoms with E-state index < -0.39 is 0 Å². The summed E-state index contributed by atoms with van der Waals surface area (Å²) in [5, 5.41) is 10.1. The molecule has 16 aromatic rings. The van der Waals surface area contributed by atoms with Crippen molar-refractivity contribution in [2.75, 3.05) is 136 Å². The summed E-state index contributed by atoms with van der Waals surface area (Å²) < 4.78 is 56.9. The highest BCUT2D eigenvalue weighted by Gasteiger charge is 2.21. The van der Waals surface area contributed by atoms with Crippen molar-refractivity contribution in [2.45, 2.75) is 59.5 Å². The average molecular weight is 2100 g/mol. The van der Waals surface area contributed by atoms with Crippen molar-refractivity contribution < 1.29 is 74.9 Å². The largest absolute Gasteiger partial charge is 0.496 e. The fraction of sp³-hybridized carbons (Fsp3) is 0.226. The van der Waals surface area contributed by atoms with Crippen molar-refractivity contribution >= 4 is 204 Å². The summed E-state index contributed by atoms with van der Waals surface area (Å²) in [6.45, 7) is 5.03. The van der Waals surface area contributed by atoms with Crippen molar-refractivity contribution in [3.63, 3.8) is 0 Å². The number of ether oxygens (including phenoxy) is 8. The van der Waals surface area contributed by atoms with Crippen LogP contribution in [0.15, 0.2) is 316 Å². The quantitative estimate of drug-likeness (QED) is 0.0219. The number of hydrogen-bond donors (Lipinski definition) is 1. The van der Waals surface area contributed by atoms with Gasteiger partial charge >= 0.3 is 0 Å². The van der Waals surface area contributed by atoms with Gasteiger partial charge in [0.25, 0.3) is 5.91 Å². The molecular weight excluding hydrogens is 1970 g/mol. The van der Waals surface area contributed by atoms with Crippen LogP contribution in [0.25, 0.3) is 116 Å². The molecule has 6 aromatic heterocycles. The third kappa shape index (κ3) is 32.7. The van der Waals surface area contributed by atoms with Crippen LogP contribution in [-0.2, 0) is 48.9 Å². The van der Waals surface area contributed by atoms with Crippen LogP contribution < -0.4 is 80.4 Å². The van der Waals surface area contributed by atoms with E-state index >= 15 is 0 Å². The number of carbonyl (C=O) groups is 2. The molecule has 0 radical (unpaired) electrons. The van der Waals surface area contributed by atoms with Crippen molar-refractivity contribution in [1.29, 1.82) is 0 Å². The highest BCUT2D eigenvalue weighted by Crippen LogP contribution is 2.41. The molecule has 0 aliphatic rings. The number of hydrogen-bond acceptors (Lipinski definition) is 18. The SMILES string of the molecule is C.CN(C)c1ccc(/C=C/c2cccc[n+]2CCSSCC[n+]2ccccc2/C=C/c2ccc(N(C)C)cc2)cc1.COc1cc(/C=C/c2cc[n+](CC(=O)CCCSSCCNC(=O)C[n+]3ccc(/C=C/c4cc(OC)c(OC)c(OC)c4)cc3)cc2)cc(OC)c1OC.COc1ccc(/C=C/c2cc[n+](CCSSCC[n+]3ccc(/C=C/c4ccc(OC)c5ccccc45)c4ccccc43)c3ccccc23)c2ccccc12. The lowest BCUT2D eigenvalue weighted by atomic mass is 10.0. The predicted octanol–water partition coefficient (Wildman–Crippen LogP) is 25.0. The topological polar surface area (TPSA) is 150 Å². The van der Waals surface area contributed by atoms with E-state index in [0.717, 1.165) is 112 Å². The van der Waals surface area contributed by atoms with Crippen molar-refractivity contribution in [3.05, 3.63) is 384 Å². The van der Waals surface area contributed by atoms with Crippen LogP contribution in [-0.4, -0.2) is 138 Å². The third-order valence-electron chi connectivity index (χ3n) is 24.7. The number of pyridine rings is 6. The number of anilines is 2. The number of fused-ring (bicyclic) bond motifs is 4. The molecule has 0 unspecified atom stereocenters. The molecule has 16 rings (SSSR count). The fourth-order valence-electron chi connectivity index (χ4n) is 16.8. The standard InChI is InChI=1S/C48H42N2O2S2.C41H48N3O8S2.C34H40N4S2.CH4/c1-51-47-25-23-35(39-11-3-5-15-43(39)47)19-21-37-27-29-49(45-17-9-7-13-41(37)45)31-33-53-54-34-32-50-30-28-38(42-14-8-10-18-46(42)50)22-20-36-24-26-48(52-2)44-16-6-4-12-40(36)44;1-47-35-24-32(25-36(48-2)40(35)51-5)11-9-30-13-18-43(19-14-30)28-34(45)8-7-22-53-54-23-17-42-39(46)29-44-20-15-31(16-21-44)10-12-33-26-37(49-3)41(52-6)38(27-33)50-4;1-35(2)31-17-11-29(12-18-31)15-21-33-9-5-7-23-37(33)25-27-39-40-28-26-38-24-8-6-10-34(38)22-16-30-13-19-32(20-14-30)36(3)4;/h3-30H,31-34H2,1-2H3;9-16,18-21,24-27H,7-8,17,22-23,28-29H2,1-6H3;5-24H,25-28H2,1-4H3;1H4/q+2;+1;+2;/p+1/b21-19+,22-20+;11-9+,12-10+;;. The Morgan fingerprint density at radius 3 is 1.01 bits per heavy atom. The zero-order chi connectivity index (χ0) is 104. The molecule has 0 fully saturated rings. The van der Waals surface area contributed by atoms with Gasteiger partial charge in [-0.05, 0) is 170 Å². The van der Waals surface area contributed by atoms with Crippen LogP contribution in [0.4, 0.5) is 11.4 Å². The number of Topliss-reactive ketones (excluding diaryl/α,β-unsaturated/α-hetero) is 1. The summed E-state index contributed by atoms with van der Waals surface area (Å²) >= 11 is 0. The molecule has 766 valence electrons. The highest BCUT2D eigenvalue weighted by molar-refractivity contribution is 8.77. The van der Waals surface area contributed by atoms with Crippen LogP contribution in [0.2, 0.25) is 0 Å². The minimum atomic E-state index is -0.0444. The van der Waals surface area contributed by atoms with Crippen molar-refractivity contribution in [2.24, 2.45) is 0 Å². The molecule has 0 bridgehead atoms. The second-order valence-corrected chi connectivity index (χ2v) is 42.9. The Morgan fingerprint density at radius 1 is 0.289 bits per heavy atom. The first-order valence-electron chi connectivity index (χ1n) is 49.2. The lowest BCUT2D eigenvalue weighted by Gasteiger charge is -2.12. The van der Waals surface area contributed by atoms with Crippen molar-refractivity contribution in [1.82, 2.24) is 5.32 Å². The summed E-state index contributed by atoms with van der Waals surface area (Å²) in [5.74, 6) is 11.3. The van der Waals surface area contributed by atoms with Gasteiger partial charge in [-0.2, -0.15) is 27.4 Å². The van der Waals surface area contributed by atoms with E-state index in [1.807, 2.05) is 150 Å². The number of carbonyl (C=O) groups excluding carboxylic acids is 2. The molecule has 149 heavy (non-hydrogen) atoms. The summed E-state index contributed by atoms with van der Waals surface area (Å²) in [6.07, 6.45) is 43.3. The van der Waals surface area contributed by atoms with Gasteiger partial charge < -0.3 is 53.0 Å². The lowest BCUT2D eigenvalue weighted by Crippen LogP contribution is -2.42. The number of amides is 1. The number of benzene rings is 10. The van der Waals surface area contributed by atoms with Crippen LogP contribution in [0.3, 0.4) is 0 Å². The number of methoxy groups -OCH3 is 8. The van der Waals surface area contributed by atoms with Crippen molar-refractivity contribution in [3.8, 4) is 46.0 Å². The van der Waals surface area contributed by atoms with E-state index in [-0.39, 0.29) is 25.7 Å². The number of nitrogens with one attached hydrogen (secondary N) is 1. The number of para-hydroxylation sites is 2. The molecule has 19 nitrogen and oxygen atoms in total. The van der Waals surface area contributed by atoms with Crippen LogP contribution >= 0.6 is 64.8 Å². The maximum Gasteiger partial charge on any atom is 0.286 e. The Bertz CT molecular complexity index is 6810. The predicted molar refractivity (Wildman–Crippen MR) is 632 cm³/mol. The monoisotopic (exact) mass is 2100 g/mol. The molecule has 0 aliphatic heterocycles. The summed E-state index contributed by atoms with van der Waals surface area (Å²) in [6, 6.07) is 92.6. The molecule has 0 saturated heterocycles. The molecule has 25 heteroatoms. The first kappa shape index (κ1) is 112. The zero-order valence-corrected chi connectivity index (χ0v) is 91.1. The van der Waals surface area contributed by atoms with Gasteiger partial charge in [0.05, 0.1) is 90.7 Å². The van der Waals surface area contributed by atoms with Crippen LogP contribution in [0.5, 0.6) is 46.0 Å². The van der Waals surface area contributed by atoms with Gasteiger partial charge in [-0.1, -0.05) is 230 Å². The molecule has 1 amide bonds. The van der Waals surface area contributed by atoms with Gasteiger partial charge in [-0.3, -0.25) is 9.59 Å². The molecule has 0 saturated carbocycles. The minimum Gasteiger partial charge on any atom is -0.496 e. The summed E-state index contributed by atoms with van der Waals surface area (Å²) in [4.78, 5) is 29.3. The van der Waals surface area contributed by atoms with Gasteiger partial charge in [-0.15, -0.1) is 0 Å². The first-order chi connectivity index (χ1) is 72.5. The van der Waals surface area contributed by atoms with E-state index in [9.17, 15) is 9.59 Å². The smallest absolute Gasteiger partial charge is 0.286 e. The number of aryl methyl sites for hydroxylation is 4. The Hall–Kier alpha value is -14.2. The van der Waals surface area contributed by atoms with Gasteiger partial charge in [-0.25, -0.2) is 0 Å². The molecule has 0 aliphatic carbocycles. The molecule has 0 atom stereocenters. The van der Waals surface area contributed by atoms with E-state index in [1.54, 1.807) is 78.5 Å². The van der Waals surface area contributed by atoms with Crippen LogP contribution in [0, 0.1) is 0 Å². The highest BCUT2D eigenvalue weighted by atomic mass is 33.1. The van der Waals surface area contributed by atoms with Gasteiger partial charge in [0.1, 0.15) is 11.5 Å². The van der Waals surface area contributed by atoms with Gasteiger partial charge in [0, 0.05) is 160 Å². The molecule has 1 N–H and O–H groups in total. The Balaban J connectivity index is 0.000000188. The number of ketones is 1. The fourth-order valence-corrected chi connectivity index (χ4v) is 22.7. The maximum absolute atomic E-state index is 12.6. The van der Waals surface area contributed by atoms with Gasteiger partial charge in [0.2, 0.25) is 47.0 Å². The number of nitrogens with zero attached hydrogens (tertiary/aromatic N) is 8. The minimum absolute atomic E-state index is 0. The molecule has 0 spiro atoms. The second-order valence-electron chi connectivity index (χ2n) is 34.8.